The number of rotatable bonds is 7. The van der Waals surface area contributed by atoms with Gasteiger partial charge in [-0.3, -0.25) is 14.4 Å². The van der Waals surface area contributed by atoms with E-state index >= 15 is 4.39 Å². The van der Waals surface area contributed by atoms with Gasteiger partial charge in [0, 0.05) is 42.3 Å². The fourth-order valence-corrected chi connectivity index (χ4v) is 6.04. The maximum atomic E-state index is 15.0. The van der Waals surface area contributed by atoms with Crippen LogP contribution in [0.25, 0.3) is 0 Å². The van der Waals surface area contributed by atoms with Crippen molar-refractivity contribution >= 4 is 27.6 Å². The smallest absolute Gasteiger partial charge is 0.356 e. The van der Waals surface area contributed by atoms with E-state index in [9.17, 15) is 36.0 Å². The van der Waals surface area contributed by atoms with Crippen molar-refractivity contribution in [3.8, 4) is 0 Å². The first-order valence-corrected chi connectivity index (χ1v) is 14.7. The Morgan fingerprint density at radius 3 is 2.45 bits per heavy atom. The molecule has 2 fully saturated rings. The van der Waals surface area contributed by atoms with E-state index in [0.717, 1.165) is 18.4 Å². The molecule has 2 aliphatic rings. The van der Waals surface area contributed by atoms with E-state index in [0.29, 0.717) is 18.9 Å². The molecule has 8 nitrogen and oxygen atoms in total. The summed E-state index contributed by atoms with van der Waals surface area (Å²) in [5, 5.41) is 5.30. The first-order valence-electron chi connectivity index (χ1n) is 12.8. The Bertz CT molecular complexity index is 1430. The van der Waals surface area contributed by atoms with Crippen molar-refractivity contribution in [2.24, 2.45) is 5.92 Å². The van der Waals surface area contributed by atoms with Crippen molar-refractivity contribution in [1.29, 1.82) is 0 Å². The van der Waals surface area contributed by atoms with Crippen LogP contribution in [0.15, 0.2) is 47.4 Å². The maximum absolute atomic E-state index is 15.0. The molecule has 2 saturated heterocycles. The summed E-state index contributed by atoms with van der Waals surface area (Å²) in [6.07, 6.45) is -2.56. The molecule has 40 heavy (non-hydrogen) atoms. The number of carbonyl (C=O) groups excluding carboxylic acids is 3. The normalized spacial score (nSPS) is 22.2. The van der Waals surface area contributed by atoms with E-state index in [1.165, 1.54) is 29.2 Å². The molecule has 0 bridgehead atoms. The first kappa shape index (κ1) is 29.5. The summed E-state index contributed by atoms with van der Waals surface area (Å²) < 4.78 is 78.4. The van der Waals surface area contributed by atoms with Gasteiger partial charge in [-0.1, -0.05) is 19.1 Å². The van der Waals surface area contributed by atoms with Crippen LogP contribution in [0, 0.1) is 11.7 Å². The second-order valence-corrected chi connectivity index (χ2v) is 12.2. The van der Waals surface area contributed by atoms with E-state index in [1.54, 1.807) is 0 Å². The summed E-state index contributed by atoms with van der Waals surface area (Å²) in [6.45, 7) is 1.92. The number of benzene rings is 2. The third-order valence-corrected chi connectivity index (χ3v) is 8.57. The SMILES string of the molecule is CC[C@@H]1CC[C@H](C(=O)NC(c2ccc(C(F)(F)F)cc2F)C2CNC(=O)C2)N1C(=O)c1cccc(S(C)(=O)=O)c1. The van der Waals surface area contributed by atoms with Gasteiger partial charge in [-0.25, -0.2) is 12.8 Å². The van der Waals surface area contributed by atoms with Gasteiger partial charge in [0.05, 0.1) is 16.5 Å². The lowest BCUT2D eigenvalue weighted by Gasteiger charge is -2.32. The van der Waals surface area contributed by atoms with Gasteiger partial charge in [0.25, 0.3) is 5.91 Å². The van der Waals surface area contributed by atoms with Crippen LogP contribution in [0.4, 0.5) is 17.6 Å². The Balaban J connectivity index is 1.65. The zero-order chi connectivity index (χ0) is 29.4. The van der Waals surface area contributed by atoms with Gasteiger partial charge in [0.15, 0.2) is 9.84 Å². The molecule has 0 aliphatic carbocycles. The Labute approximate surface area is 229 Å². The summed E-state index contributed by atoms with van der Waals surface area (Å²) in [5.41, 5.74) is -1.31. The van der Waals surface area contributed by atoms with Gasteiger partial charge in [0.2, 0.25) is 11.8 Å². The van der Waals surface area contributed by atoms with Crippen LogP contribution in [0.5, 0.6) is 0 Å². The van der Waals surface area contributed by atoms with Crippen molar-refractivity contribution in [1.82, 2.24) is 15.5 Å². The quantitative estimate of drug-likeness (QED) is 0.484. The Kier molecular flexibility index (Phi) is 8.25. The molecular weight excluding hydrogens is 554 g/mol. The maximum Gasteiger partial charge on any atom is 0.416 e. The summed E-state index contributed by atoms with van der Waals surface area (Å²) in [4.78, 5) is 40.5. The third-order valence-electron chi connectivity index (χ3n) is 7.46. The van der Waals surface area contributed by atoms with Crippen molar-refractivity contribution < 1.29 is 40.4 Å². The monoisotopic (exact) mass is 583 g/mol. The molecule has 13 heteroatoms. The minimum absolute atomic E-state index is 0.0529. The summed E-state index contributed by atoms with van der Waals surface area (Å²) in [7, 11) is -3.60. The van der Waals surface area contributed by atoms with E-state index in [4.69, 9.17) is 0 Å². The van der Waals surface area contributed by atoms with E-state index in [-0.39, 0.29) is 47.4 Å². The number of nitrogens with zero attached hydrogens (tertiary/aromatic N) is 1. The molecule has 2 N–H and O–H groups in total. The van der Waals surface area contributed by atoms with Gasteiger partial charge < -0.3 is 15.5 Å². The van der Waals surface area contributed by atoms with Crippen LogP contribution in [0.2, 0.25) is 0 Å². The van der Waals surface area contributed by atoms with E-state index in [1.807, 2.05) is 6.92 Å². The predicted octanol–water partition coefficient (Wildman–Crippen LogP) is 3.62. The standard InChI is InChI=1S/C27H29F4N3O5S/c1-3-18-8-10-22(34(18)26(37)15-5-4-6-19(11-15)40(2,38)39)25(36)33-24(16-12-23(35)32-14-16)20-9-7-17(13-21(20)28)27(29,30)31/h4-7,9,11,13,16,18,22,24H,3,8,10,12,14H2,1-2H3,(H,32,35)(H,33,36)/t16?,18-,22-,24?/m1/s1. The molecule has 4 atom stereocenters. The lowest BCUT2D eigenvalue weighted by molar-refractivity contribution is -0.137. The van der Waals surface area contributed by atoms with Gasteiger partial charge in [-0.15, -0.1) is 0 Å². The minimum atomic E-state index is -4.77. The van der Waals surface area contributed by atoms with Gasteiger partial charge >= 0.3 is 6.18 Å². The van der Waals surface area contributed by atoms with Crippen molar-refractivity contribution in [2.75, 3.05) is 12.8 Å². The fourth-order valence-electron chi connectivity index (χ4n) is 5.38. The molecule has 2 aromatic rings. The second-order valence-electron chi connectivity index (χ2n) is 10.2. The largest absolute Gasteiger partial charge is 0.416 e. The molecular formula is C27H29F4N3O5S. The molecule has 2 aromatic carbocycles. The molecule has 216 valence electrons. The number of sulfone groups is 1. The number of hydrogen-bond donors (Lipinski definition) is 2. The first-order chi connectivity index (χ1) is 18.7. The summed E-state index contributed by atoms with van der Waals surface area (Å²) in [5.74, 6) is -3.35. The Morgan fingerprint density at radius 1 is 1.15 bits per heavy atom. The Morgan fingerprint density at radius 2 is 1.88 bits per heavy atom. The number of likely N-dealkylation sites (tertiary alicyclic amines) is 1. The highest BCUT2D eigenvalue weighted by atomic mass is 32.2. The molecule has 0 radical (unpaired) electrons. The lowest BCUT2D eigenvalue weighted by atomic mass is 9.90. The highest BCUT2D eigenvalue weighted by molar-refractivity contribution is 7.90. The number of nitrogens with one attached hydrogen (secondary N) is 2. The van der Waals surface area contributed by atoms with Crippen LogP contribution in [0.3, 0.4) is 0 Å². The number of hydrogen-bond acceptors (Lipinski definition) is 5. The van der Waals surface area contributed by atoms with E-state index in [2.05, 4.69) is 10.6 Å². The van der Waals surface area contributed by atoms with Gasteiger partial charge in [-0.2, -0.15) is 13.2 Å². The van der Waals surface area contributed by atoms with Crippen LogP contribution in [-0.4, -0.2) is 55.9 Å². The van der Waals surface area contributed by atoms with Crippen molar-refractivity contribution in [2.45, 2.75) is 61.8 Å². The Hall–Kier alpha value is -3.48. The van der Waals surface area contributed by atoms with Gasteiger partial charge in [-0.05, 0) is 49.6 Å². The lowest BCUT2D eigenvalue weighted by Crippen LogP contribution is -2.50. The predicted molar refractivity (Wildman–Crippen MR) is 136 cm³/mol. The summed E-state index contributed by atoms with van der Waals surface area (Å²) >= 11 is 0. The number of alkyl halides is 3. The molecule has 2 heterocycles. The number of amides is 3. The molecule has 0 saturated carbocycles. The van der Waals surface area contributed by atoms with Crippen LogP contribution in [-0.2, 0) is 25.6 Å². The van der Waals surface area contributed by atoms with Crippen LogP contribution < -0.4 is 10.6 Å². The second kappa shape index (κ2) is 11.2. The highest BCUT2D eigenvalue weighted by Gasteiger charge is 2.43. The average Bonchev–Trinajstić information content (AvgIpc) is 3.52. The molecule has 0 aromatic heterocycles. The molecule has 0 spiro atoms. The van der Waals surface area contributed by atoms with Crippen molar-refractivity contribution in [3.63, 3.8) is 0 Å². The van der Waals surface area contributed by atoms with Crippen LogP contribution in [0.1, 0.15) is 60.1 Å². The number of halogens is 4. The number of carbonyl (C=O) groups is 3. The molecule has 4 rings (SSSR count). The fraction of sp³-hybridized carbons (Fsp3) is 0.444. The van der Waals surface area contributed by atoms with Gasteiger partial charge in [0.1, 0.15) is 11.9 Å². The molecule has 2 aliphatic heterocycles. The molecule has 3 amide bonds. The zero-order valence-corrected chi connectivity index (χ0v) is 22.6. The highest BCUT2D eigenvalue weighted by Crippen LogP contribution is 2.35. The molecule has 2 unspecified atom stereocenters. The average molecular weight is 584 g/mol. The van der Waals surface area contributed by atoms with E-state index < -0.39 is 57.2 Å². The van der Waals surface area contributed by atoms with Crippen LogP contribution >= 0.6 is 0 Å². The van der Waals surface area contributed by atoms with Crippen molar-refractivity contribution in [3.05, 3.63) is 65.0 Å². The summed E-state index contributed by atoms with van der Waals surface area (Å²) in [6, 6.07) is 5.04. The topological polar surface area (TPSA) is 113 Å². The zero-order valence-electron chi connectivity index (χ0n) is 21.8. The third kappa shape index (κ3) is 6.13. The minimum Gasteiger partial charge on any atom is -0.356 e.